The second-order valence-electron chi connectivity index (χ2n) is 7.18. The van der Waals surface area contributed by atoms with Crippen LogP contribution in [0.5, 0.6) is 0 Å². The normalized spacial score (nSPS) is 20.0. The van der Waals surface area contributed by atoms with Gasteiger partial charge in [-0.1, -0.05) is 32.6 Å². The lowest BCUT2D eigenvalue weighted by Crippen LogP contribution is -2.34. The van der Waals surface area contributed by atoms with E-state index in [9.17, 15) is 4.79 Å². The number of piperidine rings is 1. The van der Waals surface area contributed by atoms with E-state index in [1.165, 1.54) is 38.5 Å². The van der Waals surface area contributed by atoms with Crippen LogP contribution in [-0.4, -0.2) is 29.0 Å². The zero-order chi connectivity index (χ0) is 16.1. The number of aromatic nitrogens is 2. The predicted octanol–water partition coefficient (Wildman–Crippen LogP) is 3.62. The van der Waals surface area contributed by atoms with E-state index in [4.69, 9.17) is 0 Å². The third-order valence-corrected chi connectivity index (χ3v) is 5.24. The van der Waals surface area contributed by atoms with Gasteiger partial charge >= 0.3 is 0 Å². The Kier molecular flexibility index (Phi) is 5.47. The lowest BCUT2D eigenvalue weighted by Gasteiger charge is -2.30. The van der Waals surface area contributed by atoms with Crippen LogP contribution < -0.4 is 10.2 Å². The highest BCUT2D eigenvalue weighted by atomic mass is 16.1. The van der Waals surface area contributed by atoms with Crippen molar-refractivity contribution in [3.8, 4) is 0 Å². The molecule has 0 unspecified atom stereocenters. The van der Waals surface area contributed by atoms with Crippen molar-refractivity contribution in [2.24, 2.45) is 11.8 Å². The van der Waals surface area contributed by atoms with Crippen LogP contribution in [0.4, 0.5) is 11.6 Å². The van der Waals surface area contributed by atoms with Crippen LogP contribution in [0, 0.1) is 11.8 Å². The summed E-state index contributed by atoms with van der Waals surface area (Å²) in [7, 11) is 0. The molecule has 0 spiro atoms. The van der Waals surface area contributed by atoms with Gasteiger partial charge in [-0.05, 0) is 31.1 Å². The van der Waals surface area contributed by atoms with E-state index in [0.717, 1.165) is 37.3 Å². The van der Waals surface area contributed by atoms with Crippen molar-refractivity contribution in [3.63, 3.8) is 0 Å². The molecule has 1 aromatic rings. The fourth-order valence-corrected chi connectivity index (χ4v) is 3.62. The van der Waals surface area contributed by atoms with Crippen molar-refractivity contribution in [1.29, 1.82) is 0 Å². The smallest absolute Gasteiger partial charge is 0.225 e. The third kappa shape index (κ3) is 4.66. The molecular weight excluding hydrogens is 288 g/mol. The first-order valence-electron chi connectivity index (χ1n) is 9.07. The molecule has 0 aromatic carbocycles. The quantitative estimate of drug-likeness (QED) is 0.901. The van der Waals surface area contributed by atoms with Gasteiger partial charge in [0.1, 0.15) is 0 Å². The standard InChI is InChI=1S/C18H28N4O/c1-14-8-10-22(11-9-14)18-19-12-16(13-20-18)21-17(23)7-6-15-4-2-3-5-15/h12-15H,2-11H2,1H3,(H,21,23). The summed E-state index contributed by atoms with van der Waals surface area (Å²) in [5.41, 5.74) is 0.704. The van der Waals surface area contributed by atoms with Gasteiger partial charge in [-0.2, -0.15) is 0 Å². The Hall–Kier alpha value is -1.65. The van der Waals surface area contributed by atoms with E-state index in [1.54, 1.807) is 12.4 Å². The third-order valence-electron chi connectivity index (χ3n) is 5.24. The van der Waals surface area contributed by atoms with Crippen molar-refractivity contribution < 1.29 is 4.79 Å². The van der Waals surface area contributed by atoms with E-state index in [-0.39, 0.29) is 5.91 Å². The summed E-state index contributed by atoms with van der Waals surface area (Å²) in [6, 6.07) is 0. The van der Waals surface area contributed by atoms with Gasteiger partial charge in [0.15, 0.2) is 0 Å². The molecule has 1 saturated heterocycles. The molecule has 0 atom stereocenters. The number of nitrogens with zero attached hydrogens (tertiary/aromatic N) is 3. The molecule has 1 saturated carbocycles. The number of nitrogens with one attached hydrogen (secondary N) is 1. The molecule has 2 aliphatic rings. The molecule has 0 bridgehead atoms. The zero-order valence-corrected chi connectivity index (χ0v) is 14.1. The highest BCUT2D eigenvalue weighted by molar-refractivity contribution is 5.90. The molecule has 1 aliphatic carbocycles. The largest absolute Gasteiger partial charge is 0.341 e. The lowest BCUT2D eigenvalue weighted by molar-refractivity contribution is -0.116. The van der Waals surface area contributed by atoms with Gasteiger partial charge in [-0.15, -0.1) is 0 Å². The van der Waals surface area contributed by atoms with E-state index in [2.05, 4.69) is 27.1 Å². The predicted molar refractivity (Wildman–Crippen MR) is 92.5 cm³/mol. The molecule has 23 heavy (non-hydrogen) atoms. The fraction of sp³-hybridized carbons (Fsp3) is 0.722. The molecule has 1 aliphatic heterocycles. The fourth-order valence-electron chi connectivity index (χ4n) is 3.62. The van der Waals surface area contributed by atoms with Crippen LogP contribution in [0.3, 0.4) is 0 Å². The summed E-state index contributed by atoms with van der Waals surface area (Å²) in [6.07, 6.45) is 12.7. The maximum Gasteiger partial charge on any atom is 0.225 e. The van der Waals surface area contributed by atoms with E-state index >= 15 is 0 Å². The van der Waals surface area contributed by atoms with Gasteiger partial charge in [-0.25, -0.2) is 9.97 Å². The van der Waals surface area contributed by atoms with E-state index in [0.29, 0.717) is 12.1 Å². The summed E-state index contributed by atoms with van der Waals surface area (Å²) in [6.45, 7) is 4.34. The van der Waals surface area contributed by atoms with Gasteiger partial charge in [0.25, 0.3) is 0 Å². The van der Waals surface area contributed by atoms with Crippen LogP contribution in [0.15, 0.2) is 12.4 Å². The maximum absolute atomic E-state index is 12.0. The zero-order valence-electron chi connectivity index (χ0n) is 14.1. The van der Waals surface area contributed by atoms with Gasteiger partial charge in [0, 0.05) is 19.5 Å². The molecule has 0 radical (unpaired) electrons. The summed E-state index contributed by atoms with van der Waals surface area (Å²) < 4.78 is 0. The van der Waals surface area contributed by atoms with Gasteiger partial charge < -0.3 is 10.2 Å². The van der Waals surface area contributed by atoms with E-state index in [1.807, 2.05) is 0 Å². The Labute approximate surface area is 138 Å². The minimum absolute atomic E-state index is 0.0834. The first kappa shape index (κ1) is 16.2. The molecule has 1 N–H and O–H groups in total. The monoisotopic (exact) mass is 316 g/mol. The van der Waals surface area contributed by atoms with Crippen molar-refractivity contribution in [2.45, 2.75) is 58.3 Å². The van der Waals surface area contributed by atoms with Crippen LogP contribution >= 0.6 is 0 Å². The number of rotatable bonds is 5. The molecule has 126 valence electrons. The van der Waals surface area contributed by atoms with Crippen molar-refractivity contribution in [1.82, 2.24) is 9.97 Å². The Morgan fingerprint density at radius 3 is 2.48 bits per heavy atom. The summed E-state index contributed by atoms with van der Waals surface area (Å²) in [5.74, 6) is 2.41. The Morgan fingerprint density at radius 2 is 1.83 bits per heavy atom. The summed E-state index contributed by atoms with van der Waals surface area (Å²) in [5, 5.41) is 2.92. The van der Waals surface area contributed by atoms with Crippen molar-refractivity contribution in [3.05, 3.63) is 12.4 Å². The molecular formula is C18H28N4O. The molecule has 2 heterocycles. The maximum atomic E-state index is 12.0. The Balaban J connectivity index is 1.46. The number of hydrogen-bond acceptors (Lipinski definition) is 4. The minimum atomic E-state index is 0.0834. The first-order chi connectivity index (χ1) is 11.2. The summed E-state index contributed by atoms with van der Waals surface area (Å²) >= 11 is 0. The van der Waals surface area contributed by atoms with Gasteiger partial charge in [-0.3, -0.25) is 4.79 Å². The Morgan fingerprint density at radius 1 is 1.17 bits per heavy atom. The number of carbonyl (C=O) groups is 1. The van der Waals surface area contributed by atoms with Crippen LogP contribution in [0.25, 0.3) is 0 Å². The SMILES string of the molecule is CC1CCN(c2ncc(NC(=O)CCC3CCCC3)cn2)CC1. The molecule has 1 aromatic heterocycles. The number of carbonyl (C=O) groups excluding carboxylic acids is 1. The number of amides is 1. The lowest BCUT2D eigenvalue weighted by atomic mass is 10.00. The average molecular weight is 316 g/mol. The van der Waals surface area contributed by atoms with Crippen LogP contribution in [0.2, 0.25) is 0 Å². The average Bonchev–Trinajstić information content (AvgIpc) is 3.08. The number of hydrogen-bond donors (Lipinski definition) is 1. The minimum Gasteiger partial charge on any atom is -0.341 e. The number of anilines is 2. The second kappa shape index (κ2) is 7.75. The van der Waals surface area contributed by atoms with Gasteiger partial charge in [0.05, 0.1) is 18.1 Å². The second-order valence-corrected chi connectivity index (χ2v) is 7.18. The van der Waals surface area contributed by atoms with E-state index < -0.39 is 0 Å². The highest BCUT2D eigenvalue weighted by Gasteiger charge is 2.18. The van der Waals surface area contributed by atoms with Gasteiger partial charge in [0.2, 0.25) is 11.9 Å². The molecule has 1 amide bonds. The molecule has 5 heteroatoms. The van der Waals surface area contributed by atoms with Crippen LogP contribution in [-0.2, 0) is 4.79 Å². The Bertz CT molecular complexity index is 502. The topological polar surface area (TPSA) is 58.1 Å². The molecule has 3 rings (SSSR count). The summed E-state index contributed by atoms with van der Waals surface area (Å²) in [4.78, 5) is 23.1. The van der Waals surface area contributed by atoms with Crippen LogP contribution in [0.1, 0.15) is 58.3 Å². The molecule has 5 nitrogen and oxygen atoms in total. The van der Waals surface area contributed by atoms with Crippen molar-refractivity contribution >= 4 is 17.5 Å². The molecule has 2 fully saturated rings. The highest BCUT2D eigenvalue weighted by Crippen LogP contribution is 2.28. The van der Waals surface area contributed by atoms with Crippen molar-refractivity contribution in [2.75, 3.05) is 23.3 Å². The first-order valence-corrected chi connectivity index (χ1v) is 9.07.